The van der Waals surface area contributed by atoms with E-state index in [4.69, 9.17) is 0 Å². The first-order valence-electron chi connectivity index (χ1n) is 7.16. The quantitative estimate of drug-likeness (QED) is 0.608. The Bertz CT molecular complexity index is 607. The molecular weight excluding hydrogens is 261 g/mol. The second kappa shape index (κ2) is 5.12. The van der Waals surface area contributed by atoms with Gasteiger partial charge in [-0.1, -0.05) is 49.6 Å². The van der Waals surface area contributed by atoms with E-state index in [2.05, 4.69) is 0 Å². The van der Waals surface area contributed by atoms with E-state index in [0.717, 1.165) is 23.8 Å². The highest BCUT2D eigenvalue weighted by atomic mass is 19.4. The van der Waals surface area contributed by atoms with E-state index in [1.807, 2.05) is 12.1 Å². The van der Waals surface area contributed by atoms with Crippen molar-refractivity contribution in [1.29, 1.82) is 0 Å². The van der Waals surface area contributed by atoms with Gasteiger partial charge in [0.25, 0.3) is 0 Å². The van der Waals surface area contributed by atoms with E-state index in [1.165, 1.54) is 25.3 Å². The molecule has 0 saturated heterocycles. The van der Waals surface area contributed by atoms with Gasteiger partial charge in [0.15, 0.2) is 0 Å². The zero-order valence-electron chi connectivity index (χ0n) is 11.2. The van der Waals surface area contributed by atoms with Gasteiger partial charge in [-0.3, -0.25) is 0 Å². The maximum absolute atomic E-state index is 13.1. The van der Waals surface area contributed by atoms with Crippen molar-refractivity contribution in [3.8, 4) is 0 Å². The molecule has 1 aliphatic carbocycles. The molecule has 1 saturated carbocycles. The van der Waals surface area contributed by atoms with E-state index in [-0.39, 0.29) is 0 Å². The molecule has 0 N–H and O–H groups in total. The summed E-state index contributed by atoms with van der Waals surface area (Å²) in [5.74, 6) is 0.413. The molecule has 0 radical (unpaired) electrons. The lowest BCUT2D eigenvalue weighted by molar-refractivity contribution is -0.136. The minimum atomic E-state index is -4.29. The topological polar surface area (TPSA) is 0 Å². The van der Waals surface area contributed by atoms with Gasteiger partial charge in [-0.25, -0.2) is 0 Å². The van der Waals surface area contributed by atoms with Crippen LogP contribution in [-0.4, -0.2) is 0 Å². The highest BCUT2D eigenvalue weighted by Gasteiger charge is 2.33. The number of rotatable bonds is 1. The maximum Gasteiger partial charge on any atom is 0.417 e. The van der Waals surface area contributed by atoms with Crippen LogP contribution in [0.5, 0.6) is 0 Å². The fourth-order valence-corrected chi connectivity index (χ4v) is 3.34. The van der Waals surface area contributed by atoms with Gasteiger partial charge in [0, 0.05) is 0 Å². The first kappa shape index (κ1) is 13.5. The fraction of sp³-hybridized carbons (Fsp3) is 0.412. The van der Waals surface area contributed by atoms with Crippen molar-refractivity contribution in [2.75, 3.05) is 0 Å². The van der Waals surface area contributed by atoms with E-state index >= 15 is 0 Å². The van der Waals surface area contributed by atoms with Crippen LogP contribution in [0.1, 0.15) is 49.1 Å². The molecule has 0 amide bonds. The fourth-order valence-electron chi connectivity index (χ4n) is 3.34. The Morgan fingerprint density at radius 3 is 2.10 bits per heavy atom. The smallest absolute Gasteiger partial charge is 0.166 e. The van der Waals surface area contributed by atoms with Crippen LogP contribution in [0.4, 0.5) is 13.2 Å². The normalized spacial score (nSPS) is 17.6. The first-order valence-corrected chi connectivity index (χ1v) is 7.16. The number of hydrogen-bond donors (Lipinski definition) is 0. The molecule has 1 fully saturated rings. The minimum Gasteiger partial charge on any atom is -0.166 e. The molecule has 106 valence electrons. The Kier molecular flexibility index (Phi) is 3.45. The second-order valence-corrected chi connectivity index (χ2v) is 5.58. The van der Waals surface area contributed by atoms with Crippen LogP contribution in [0, 0.1) is 0 Å². The summed E-state index contributed by atoms with van der Waals surface area (Å²) in [5, 5.41) is 1.11. The van der Waals surface area contributed by atoms with E-state index in [0.29, 0.717) is 11.3 Å². The molecule has 3 heteroatoms. The molecule has 3 rings (SSSR count). The van der Waals surface area contributed by atoms with Crippen LogP contribution in [0.15, 0.2) is 36.4 Å². The predicted molar refractivity (Wildman–Crippen MR) is 74.8 cm³/mol. The molecule has 1 aliphatic rings. The molecule has 0 unspecified atom stereocenters. The van der Waals surface area contributed by atoms with Gasteiger partial charge in [0.2, 0.25) is 0 Å². The van der Waals surface area contributed by atoms with Crippen molar-refractivity contribution in [2.45, 2.75) is 44.2 Å². The van der Waals surface area contributed by atoms with Crippen LogP contribution in [0.3, 0.4) is 0 Å². The van der Waals surface area contributed by atoms with Crippen molar-refractivity contribution < 1.29 is 13.2 Å². The van der Waals surface area contributed by atoms with Crippen LogP contribution >= 0.6 is 0 Å². The average Bonchev–Trinajstić information content (AvgIpc) is 2.46. The molecule has 20 heavy (non-hydrogen) atoms. The minimum absolute atomic E-state index is 0.336. The number of alkyl halides is 3. The monoisotopic (exact) mass is 278 g/mol. The van der Waals surface area contributed by atoms with Crippen LogP contribution < -0.4 is 0 Å². The summed E-state index contributed by atoms with van der Waals surface area (Å²) in [7, 11) is 0. The van der Waals surface area contributed by atoms with Gasteiger partial charge in [0.1, 0.15) is 0 Å². The molecule has 0 heterocycles. The zero-order valence-corrected chi connectivity index (χ0v) is 11.2. The first-order chi connectivity index (χ1) is 9.57. The standard InChI is InChI=1S/C17H17F3/c18-17(19,20)16-11-10-13(12-6-2-1-3-7-12)14-8-4-5-9-15(14)16/h4-5,8-12H,1-3,6-7H2. The molecule has 2 aromatic rings. The largest absolute Gasteiger partial charge is 0.417 e. The van der Waals surface area contributed by atoms with Gasteiger partial charge >= 0.3 is 6.18 Å². The molecule has 0 nitrogen and oxygen atoms in total. The Balaban J connectivity index is 2.16. The van der Waals surface area contributed by atoms with Crippen molar-refractivity contribution >= 4 is 10.8 Å². The summed E-state index contributed by atoms with van der Waals surface area (Å²) in [4.78, 5) is 0. The van der Waals surface area contributed by atoms with E-state index < -0.39 is 11.7 Å². The van der Waals surface area contributed by atoms with Gasteiger partial charge in [-0.2, -0.15) is 13.2 Å². The van der Waals surface area contributed by atoms with Gasteiger partial charge in [-0.05, 0) is 41.2 Å². The third kappa shape index (κ3) is 2.41. The number of benzene rings is 2. The SMILES string of the molecule is FC(F)(F)c1ccc(C2CCCCC2)c2ccccc12. The average molecular weight is 278 g/mol. The lowest BCUT2D eigenvalue weighted by Crippen LogP contribution is -2.09. The van der Waals surface area contributed by atoms with Crippen LogP contribution in [-0.2, 0) is 6.18 Å². The molecular formula is C17H17F3. The van der Waals surface area contributed by atoms with Gasteiger partial charge in [-0.15, -0.1) is 0 Å². The summed E-state index contributed by atoms with van der Waals surface area (Å²) in [6.45, 7) is 0. The maximum atomic E-state index is 13.1. The third-order valence-corrected chi connectivity index (χ3v) is 4.31. The zero-order chi connectivity index (χ0) is 14.2. The summed E-state index contributed by atoms with van der Waals surface area (Å²) in [5.41, 5.74) is 0.570. The van der Waals surface area contributed by atoms with Crippen molar-refractivity contribution in [3.05, 3.63) is 47.5 Å². The summed E-state index contributed by atoms with van der Waals surface area (Å²) >= 11 is 0. The number of fused-ring (bicyclic) bond motifs is 1. The Morgan fingerprint density at radius 1 is 0.800 bits per heavy atom. The highest BCUT2D eigenvalue weighted by Crippen LogP contribution is 2.41. The van der Waals surface area contributed by atoms with Crippen molar-refractivity contribution in [1.82, 2.24) is 0 Å². The number of halogens is 3. The Morgan fingerprint density at radius 2 is 1.45 bits per heavy atom. The van der Waals surface area contributed by atoms with Crippen molar-refractivity contribution in [2.24, 2.45) is 0 Å². The summed E-state index contributed by atoms with van der Waals surface area (Å²) in [6, 6.07) is 9.88. The molecule has 0 aromatic heterocycles. The molecule has 2 aromatic carbocycles. The van der Waals surface area contributed by atoms with Gasteiger partial charge < -0.3 is 0 Å². The summed E-state index contributed by atoms with van der Waals surface area (Å²) in [6.07, 6.45) is 1.50. The van der Waals surface area contributed by atoms with Crippen molar-refractivity contribution in [3.63, 3.8) is 0 Å². The second-order valence-electron chi connectivity index (χ2n) is 5.58. The predicted octanol–water partition coefficient (Wildman–Crippen LogP) is 5.91. The van der Waals surface area contributed by atoms with Crippen LogP contribution in [0.2, 0.25) is 0 Å². The lowest BCUT2D eigenvalue weighted by atomic mass is 9.81. The molecule has 0 aliphatic heterocycles. The third-order valence-electron chi connectivity index (χ3n) is 4.31. The molecule has 0 bridgehead atoms. The Labute approximate surface area is 116 Å². The Hall–Kier alpha value is -1.51. The number of hydrogen-bond acceptors (Lipinski definition) is 0. The highest BCUT2D eigenvalue weighted by molar-refractivity contribution is 5.89. The van der Waals surface area contributed by atoms with E-state index in [1.54, 1.807) is 18.2 Å². The lowest BCUT2D eigenvalue weighted by Gasteiger charge is -2.24. The van der Waals surface area contributed by atoms with E-state index in [9.17, 15) is 13.2 Å². The summed E-state index contributed by atoms with van der Waals surface area (Å²) < 4.78 is 39.3. The van der Waals surface area contributed by atoms with Crippen LogP contribution in [0.25, 0.3) is 10.8 Å². The molecule has 0 atom stereocenters. The van der Waals surface area contributed by atoms with Gasteiger partial charge in [0.05, 0.1) is 5.56 Å². The molecule has 0 spiro atoms.